The highest BCUT2D eigenvalue weighted by molar-refractivity contribution is 5.89. The van der Waals surface area contributed by atoms with Gasteiger partial charge in [0.15, 0.2) is 0 Å². The molecule has 4 nitrogen and oxygen atoms in total. The number of carboxylic acid groups (broad SMARTS) is 1. The van der Waals surface area contributed by atoms with Crippen LogP contribution in [-0.2, 0) is 6.54 Å². The number of hydrogen-bond acceptors (Lipinski definition) is 3. The summed E-state index contributed by atoms with van der Waals surface area (Å²) in [6.07, 6.45) is 4.70. The molecule has 1 aliphatic heterocycles. The van der Waals surface area contributed by atoms with E-state index in [4.69, 9.17) is 0 Å². The van der Waals surface area contributed by atoms with Crippen LogP contribution in [0.15, 0.2) is 60.9 Å². The number of aromatic nitrogens is 1. The fourth-order valence-corrected chi connectivity index (χ4v) is 3.77. The number of benzene rings is 2. The van der Waals surface area contributed by atoms with Crippen LogP contribution in [0.2, 0.25) is 0 Å². The Morgan fingerprint density at radius 1 is 1.16 bits per heavy atom. The Labute approximate surface area is 146 Å². The van der Waals surface area contributed by atoms with Crippen molar-refractivity contribution in [2.24, 2.45) is 0 Å². The molecule has 0 spiro atoms. The molecule has 126 valence electrons. The molecule has 0 bridgehead atoms. The van der Waals surface area contributed by atoms with Crippen molar-refractivity contribution in [2.75, 3.05) is 13.1 Å². The number of carboxylic acids is 1. The van der Waals surface area contributed by atoms with Crippen molar-refractivity contribution < 1.29 is 9.90 Å². The van der Waals surface area contributed by atoms with Crippen LogP contribution in [-0.4, -0.2) is 34.0 Å². The minimum atomic E-state index is -0.836. The van der Waals surface area contributed by atoms with E-state index in [1.807, 2.05) is 30.6 Å². The first kappa shape index (κ1) is 15.8. The van der Waals surface area contributed by atoms with Crippen LogP contribution in [0.1, 0.15) is 33.8 Å². The molecule has 4 rings (SSSR count). The largest absolute Gasteiger partial charge is 0.478 e. The van der Waals surface area contributed by atoms with Gasteiger partial charge in [0.1, 0.15) is 0 Å². The van der Waals surface area contributed by atoms with E-state index in [0.717, 1.165) is 37.0 Å². The Morgan fingerprint density at radius 2 is 2.04 bits per heavy atom. The molecule has 0 saturated carbocycles. The Bertz CT molecular complexity index is 922. The van der Waals surface area contributed by atoms with E-state index in [1.54, 1.807) is 12.1 Å². The summed E-state index contributed by atoms with van der Waals surface area (Å²) in [5.41, 5.74) is 2.68. The van der Waals surface area contributed by atoms with Gasteiger partial charge in [0, 0.05) is 30.9 Å². The monoisotopic (exact) mass is 332 g/mol. The minimum absolute atomic E-state index is 0.289. The van der Waals surface area contributed by atoms with E-state index < -0.39 is 5.97 Å². The zero-order chi connectivity index (χ0) is 17.2. The van der Waals surface area contributed by atoms with Gasteiger partial charge in [0.2, 0.25) is 0 Å². The van der Waals surface area contributed by atoms with Crippen molar-refractivity contribution in [1.29, 1.82) is 0 Å². The molecule has 4 heteroatoms. The van der Waals surface area contributed by atoms with Gasteiger partial charge in [0.05, 0.1) is 5.56 Å². The number of pyridine rings is 1. The molecule has 1 N–H and O–H groups in total. The third-order valence-electron chi connectivity index (χ3n) is 5.01. The number of rotatable bonds is 4. The first-order chi connectivity index (χ1) is 12.2. The van der Waals surface area contributed by atoms with Crippen molar-refractivity contribution in [2.45, 2.75) is 18.9 Å². The lowest BCUT2D eigenvalue weighted by atomic mass is 9.93. The van der Waals surface area contributed by atoms with Crippen molar-refractivity contribution in [3.63, 3.8) is 0 Å². The van der Waals surface area contributed by atoms with Crippen molar-refractivity contribution in [3.8, 4) is 0 Å². The lowest BCUT2D eigenvalue weighted by molar-refractivity contribution is 0.0695. The molecular weight excluding hydrogens is 312 g/mol. The maximum atomic E-state index is 11.5. The summed E-state index contributed by atoms with van der Waals surface area (Å²) in [6.45, 7) is 2.79. The summed E-state index contributed by atoms with van der Waals surface area (Å²) in [5, 5.41) is 11.8. The van der Waals surface area contributed by atoms with E-state index in [9.17, 15) is 9.90 Å². The lowest BCUT2D eigenvalue weighted by Crippen LogP contribution is -2.20. The highest BCUT2D eigenvalue weighted by atomic mass is 16.4. The second-order valence-corrected chi connectivity index (χ2v) is 6.67. The van der Waals surface area contributed by atoms with Crippen LogP contribution in [0.25, 0.3) is 10.8 Å². The quantitative estimate of drug-likeness (QED) is 0.787. The van der Waals surface area contributed by atoms with Gasteiger partial charge in [-0.2, -0.15) is 0 Å². The maximum absolute atomic E-state index is 11.5. The van der Waals surface area contributed by atoms with Crippen molar-refractivity contribution >= 4 is 16.7 Å². The fourth-order valence-electron chi connectivity index (χ4n) is 3.77. The second kappa shape index (κ2) is 6.65. The molecule has 1 saturated heterocycles. The molecule has 2 heterocycles. The van der Waals surface area contributed by atoms with Gasteiger partial charge in [0.25, 0.3) is 0 Å². The number of likely N-dealkylation sites (tertiary alicyclic amines) is 1. The zero-order valence-electron chi connectivity index (χ0n) is 13.9. The maximum Gasteiger partial charge on any atom is 0.335 e. The Balaban J connectivity index is 1.50. The van der Waals surface area contributed by atoms with Crippen LogP contribution >= 0.6 is 0 Å². The van der Waals surface area contributed by atoms with Crippen molar-refractivity contribution in [1.82, 2.24) is 9.88 Å². The standard InChI is InChI=1S/C21H20N2O2/c24-21(25)20-4-2-1-3-19(20)18-8-10-23(14-18)13-15-5-6-17-12-22-9-7-16(17)11-15/h1-7,9,11-12,18H,8,10,13-14H2,(H,24,25). The number of hydrogen-bond donors (Lipinski definition) is 1. The molecular formula is C21H20N2O2. The van der Waals surface area contributed by atoms with Gasteiger partial charge in [-0.05, 0) is 53.6 Å². The SMILES string of the molecule is O=C(O)c1ccccc1C1CCN(Cc2ccc3cnccc3c2)C1. The van der Waals surface area contributed by atoms with Gasteiger partial charge < -0.3 is 5.11 Å². The van der Waals surface area contributed by atoms with Crippen LogP contribution in [0.3, 0.4) is 0 Å². The molecule has 1 unspecified atom stereocenters. The lowest BCUT2D eigenvalue weighted by Gasteiger charge is -2.17. The predicted octanol–water partition coefficient (Wildman–Crippen LogP) is 3.92. The molecule has 0 amide bonds. The highest BCUT2D eigenvalue weighted by Crippen LogP contribution is 2.30. The van der Waals surface area contributed by atoms with Crippen LogP contribution in [0.4, 0.5) is 0 Å². The predicted molar refractivity (Wildman–Crippen MR) is 97.8 cm³/mol. The van der Waals surface area contributed by atoms with Gasteiger partial charge in [-0.3, -0.25) is 9.88 Å². The van der Waals surface area contributed by atoms with Gasteiger partial charge in [-0.1, -0.05) is 30.3 Å². The summed E-state index contributed by atoms with van der Waals surface area (Å²) in [5.74, 6) is -0.547. The first-order valence-electron chi connectivity index (χ1n) is 8.58. The Morgan fingerprint density at radius 3 is 2.92 bits per heavy atom. The highest BCUT2D eigenvalue weighted by Gasteiger charge is 2.26. The topological polar surface area (TPSA) is 53.4 Å². The smallest absolute Gasteiger partial charge is 0.335 e. The number of nitrogens with zero attached hydrogens (tertiary/aromatic N) is 2. The molecule has 1 atom stereocenters. The number of fused-ring (bicyclic) bond motifs is 1. The van der Waals surface area contributed by atoms with E-state index >= 15 is 0 Å². The normalized spacial score (nSPS) is 17.8. The molecule has 3 aromatic rings. The van der Waals surface area contributed by atoms with Crippen LogP contribution in [0, 0.1) is 0 Å². The van der Waals surface area contributed by atoms with E-state index in [2.05, 4.69) is 28.1 Å². The number of carbonyl (C=O) groups is 1. The molecule has 2 aromatic carbocycles. The third-order valence-corrected chi connectivity index (χ3v) is 5.01. The van der Waals surface area contributed by atoms with Gasteiger partial charge >= 0.3 is 5.97 Å². The summed E-state index contributed by atoms with van der Waals surface area (Å²) < 4.78 is 0. The first-order valence-corrected chi connectivity index (χ1v) is 8.58. The summed E-state index contributed by atoms with van der Waals surface area (Å²) in [4.78, 5) is 18.0. The zero-order valence-corrected chi connectivity index (χ0v) is 13.9. The van der Waals surface area contributed by atoms with E-state index in [0.29, 0.717) is 5.56 Å². The number of aromatic carboxylic acids is 1. The molecule has 0 aliphatic carbocycles. The van der Waals surface area contributed by atoms with Crippen LogP contribution in [0.5, 0.6) is 0 Å². The summed E-state index contributed by atoms with van der Waals surface area (Å²) in [7, 11) is 0. The van der Waals surface area contributed by atoms with Crippen molar-refractivity contribution in [3.05, 3.63) is 77.6 Å². The summed E-state index contributed by atoms with van der Waals surface area (Å²) >= 11 is 0. The molecule has 1 aliphatic rings. The Hall–Kier alpha value is -2.72. The molecule has 25 heavy (non-hydrogen) atoms. The fraction of sp³-hybridized carbons (Fsp3) is 0.238. The van der Waals surface area contributed by atoms with Crippen LogP contribution < -0.4 is 0 Å². The van der Waals surface area contributed by atoms with Gasteiger partial charge in [-0.25, -0.2) is 4.79 Å². The second-order valence-electron chi connectivity index (χ2n) is 6.67. The average molecular weight is 332 g/mol. The average Bonchev–Trinajstić information content (AvgIpc) is 3.10. The summed E-state index contributed by atoms with van der Waals surface area (Å²) in [6, 6.07) is 15.9. The van der Waals surface area contributed by atoms with Gasteiger partial charge in [-0.15, -0.1) is 0 Å². The van der Waals surface area contributed by atoms with E-state index in [1.165, 1.54) is 10.9 Å². The Kier molecular flexibility index (Phi) is 4.20. The minimum Gasteiger partial charge on any atom is -0.478 e. The molecule has 1 fully saturated rings. The third kappa shape index (κ3) is 3.26. The molecule has 1 aromatic heterocycles. The molecule has 0 radical (unpaired) electrons. The van der Waals surface area contributed by atoms with E-state index in [-0.39, 0.29) is 5.92 Å².